The van der Waals surface area contributed by atoms with Crippen molar-refractivity contribution in [3.8, 4) is 23.3 Å². The summed E-state index contributed by atoms with van der Waals surface area (Å²) in [5, 5.41) is 12.6. The molecule has 4 rings (SSSR count). The summed E-state index contributed by atoms with van der Waals surface area (Å²) >= 11 is 3.84. The van der Waals surface area contributed by atoms with E-state index in [1.54, 1.807) is 0 Å². The summed E-state index contributed by atoms with van der Waals surface area (Å²) in [6, 6.07) is 16.0. The van der Waals surface area contributed by atoms with Crippen molar-refractivity contribution in [2.24, 2.45) is 0 Å². The molecule has 0 aliphatic carbocycles. The van der Waals surface area contributed by atoms with Crippen LogP contribution >= 0.6 is 23.5 Å². The van der Waals surface area contributed by atoms with E-state index in [-0.39, 0.29) is 4.08 Å². The molecule has 170 valence electrons. The molecule has 0 bridgehead atoms. The molecule has 0 atom stereocenters. The molecule has 0 aromatic heterocycles. The summed E-state index contributed by atoms with van der Waals surface area (Å²) in [5.74, 6) is 10.4. The van der Waals surface area contributed by atoms with Crippen LogP contribution in [0.3, 0.4) is 0 Å². The van der Waals surface area contributed by atoms with Gasteiger partial charge in [-0.1, -0.05) is 56.2 Å². The topological polar surface area (TPSA) is 32.7 Å². The number of para-hydroxylation sites is 2. The number of ether oxygens (including phenoxy) is 1. The number of thioether (sulfide) groups is 2. The lowest BCUT2D eigenvalue weighted by molar-refractivity contribution is 0.0531. The van der Waals surface area contributed by atoms with Crippen LogP contribution in [-0.2, 0) is 5.60 Å². The van der Waals surface area contributed by atoms with Crippen LogP contribution in [-0.4, -0.2) is 45.2 Å². The lowest BCUT2D eigenvalue weighted by Crippen LogP contribution is -2.51. The summed E-state index contributed by atoms with van der Waals surface area (Å²) < 4.78 is 5.85. The van der Waals surface area contributed by atoms with Crippen LogP contribution in [0.5, 0.6) is 11.5 Å². The highest BCUT2D eigenvalue weighted by Gasteiger charge is 2.57. The molecule has 0 spiro atoms. The second-order valence-corrected chi connectivity index (χ2v) is 11.3. The van der Waals surface area contributed by atoms with Crippen LogP contribution in [0.15, 0.2) is 48.5 Å². The summed E-state index contributed by atoms with van der Waals surface area (Å²) in [4.78, 5) is 2.33. The number of rotatable bonds is 7. The number of nitrogens with zero attached hydrogens (tertiary/aromatic N) is 1. The summed E-state index contributed by atoms with van der Waals surface area (Å²) in [5.41, 5.74) is 0.657. The predicted molar refractivity (Wildman–Crippen MR) is 138 cm³/mol. The fourth-order valence-corrected chi connectivity index (χ4v) is 8.29. The van der Waals surface area contributed by atoms with E-state index in [1.165, 1.54) is 6.42 Å². The van der Waals surface area contributed by atoms with Gasteiger partial charge in [0.1, 0.15) is 17.1 Å². The SMILES string of the molecule is CCN(CC)CC#CCCCC1(C2(O)c3ccccc3Oc3ccccc32)SCCCS1. The van der Waals surface area contributed by atoms with Crippen LogP contribution in [0.2, 0.25) is 0 Å². The molecule has 3 nitrogen and oxygen atoms in total. The van der Waals surface area contributed by atoms with E-state index in [2.05, 4.69) is 30.6 Å². The third-order valence-electron chi connectivity index (χ3n) is 6.41. The van der Waals surface area contributed by atoms with Crippen molar-refractivity contribution in [3.05, 3.63) is 59.7 Å². The number of hydrogen-bond donors (Lipinski definition) is 1. The molecule has 2 heterocycles. The first-order chi connectivity index (χ1) is 15.6. The average molecular weight is 468 g/mol. The van der Waals surface area contributed by atoms with Crippen LogP contribution in [0.25, 0.3) is 0 Å². The van der Waals surface area contributed by atoms with E-state index in [1.807, 2.05) is 72.1 Å². The highest BCUT2D eigenvalue weighted by atomic mass is 32.2. The minimum absolute atomic E-state index is 0.359. The van der Waals surface area contributed by atoms with Gasteiger partial charge in [0.05, 0.1) is 10.6 Å². The Morgan fingerprint density at radius 2 is 1.53 bits per heavy atom. The Bertz CT molecular complexity index is 925. The Morgan fingerprint density at radius 3 is 2.12 bits per heavy atom. The second kappa shape index (κ2) is 10.6. The Labute approximate surface area is 201 Å². The van der Waals surface area contributed by atoms with E-state index in [0.717, 1.165) is 73.0 Å². The molecule has 0 unspecified atom stereocenters. The van der Waals surface area contributed by atoms with E-state index >= 15 is 0 Å². The summed E-state index contributed by atoms with van der Waals surface area (Å²) in [7, 11) is 0. The molecule has 2 aromatic carbocycles. The highest BCUT2D eigenvalue weighted by Crippen LogP contribution is 2.63. The summed E-state index contributed by atoms with van der Waals surface area (Å²) in [6.45, 7) is 7.27. The van der Waals surface area contributed by atoms with Crippen molar-refractivity contribution >= 4 is 23.5 Å². The van der Waals surface area contributed by atoms with Gasteiger partial charge in [-0.15, -0.1) is 29.4 Å². The summed E-state index contributed by atoms with van der Waals surface area (Å²) in [6.07, 6.45) is 3.91. The quantitative estimate of drug-likeness (QED) is 0.392. The molecule has 1 saturated heterocycles. The maximum absolute atomic E-state index is 12.6. The number of aliphatic hydroxyl groups is 1. The van der Waals surface area contributed by atoms with Crippen molar-refractivity contribution in [2.75, 3.05) is 31.1 Å². The van der Waals surface area contributed by atoms with Crippen molar-refractivity contribution in [3.63, 3.8) is 0 Å². The second-order valence-electron chi connectivity index (χ2n) is 8.28. The predicted octanol–water partition coefficient (Wildman–Crippen LogP) is 6.11. The van der Waals surface area contributed by atoms with Crippen molar-refractivity contribution in [1.82, 2.24) is 4.90 Å². The van der Waals surface area contributed by atoms with Gasteiger partial charge in [-0.2, -0.15) is 0 Å². The molecule has 0 amide bonds. The van der Waals surface area contributed by atoms with Crippen LogP contribution in [0, 0.1) is 11.8 Å². The number of benzene rings is 2. The molecule has 2 aliphatic rings. The Morgan fingerprint density at radius 1 is 0.938 bits per heavy atom. The van der Waals surface area contributed by atoms with Gasteiger partial charge in [0.15, 0.2) is 0 Å². The first-order valence-electron chi connectivity index (χ1n) is 11.7. The Kier molecular flexibility index (Phi) is 7.78. The molecular formula is C27H33NO2S2. The fourth-order valence-electron chi connectivity index (χ4n) is 4.60. The van der Waals surface area contributed by atoms with Crippen molar-refractivity contribution in [2.45, 2.75) is 49.2 Å². The largest absolute Gasteiger partial charge is 0.457 e. The maximum Gasteiger partial charge on any atom is 0.145 e. The van der Waals surface area contributed by atoms with Gasteiger partial charge in [0.25, 0.3) is 0 Å². The van der Waals surface area contributed by atoms with E-state index in [4.69, 9.17) is 4.74 Å². The molecule has 0 saturated carbocycles. The molecule has 5 heteroatoms. The normalized spacial score (nSPS) is 18.1. The van der Waals surface area contributed by atoms with Gasteiger partial charge in [-0.3, -0.25) is 4.90 Å². The Balaban J connectivity index is 1.63. The maximum atomic E-state index is 12.6. The lowest BCUT2D eigenvalue weighted by Gasteiger charge is -2.51. The van der Waals surface area contributed by atoms with Crippen molar-refractivity contribution in [1.29, 1.82) is 0 Å². The average Bonchev–Trinajstić information content (AvgIpc) is 2.84. The van der Waals surface area contributed by atoms with E-state index in [0.29, 0.717) is 0 Å². The van der Waals surface area contributed by atoms with Gasteiger partial charge in [0.2, 0.25) is 0 Å². The number of fused-ring (bicyclic) bond motifs is 2. The van der Waals surface area contributed by atoms with E-state index in [9.17, 15) is 5.11 Å². The third-order valence-corrected chi connectivity index (χ3v) is 10.0. The van der Waals surface area contributed by atoms with Crippen LogP contribution < -0.4 is 4.74 Å². The standard InChI is InChI=1S/C27H33NO2S2/c1-3-28(4-2)19-12-6-5-11-18-26(31-20-13-21-32-26)27(29)22-14-7-9-16-24(22)30-25-17-10-8-15-23(25)27/h7-10,14-17,29H,3-5,11,13,18-21H2,1-2H3. The molecular weight excluding hydrogens is 434 g/mol. The zero-order valence-corrected chi connectivity index (χ0v) is 20.7. The highest BCUT2D eigenvalue weighted by molar-refractivity contribution is 8.18. The molecule has 32 heavy (non-hydrogen) atoms. The minimum Gasteiger partial charge on any atom is -0.457 e. The fraction of sp³-hybridized carbons (Fsp3) is 0.481. The van der Waals surface area contributed by atoms with Gasteiger partial charge in [-0.05, 0) is 56.0 Å². The monoisotopic (exact) mass is 467 g/mol. The number of unbranched alkanes of at least 4 members (excludes halogenated alkanes) is 1. The first-order valence-corrected chi connectivity index (χ1v) is 13.7. The molecule has 1 N–H and O–H groups in total. The third kappa shape index (κ3) is 4.43. The van der Waals surface area contributed by atoms with Gasteiger partial charge >= 0.3 is 0 Å². The van der Waals surface area contributed by atoms with Crippen LogP contribution in [0.1, 0.15) is 50.7 Å². The zero-order valence-electron chi connectivity index (χ0n) is 19.1. The smallest absolute Gasteiger partial charge is 0.145 e. The molecule has 2 aliphatic heterocycles. The molecule has 0 radical (unpaired) electrons. The minimum atomic E-state index is -1.11. The Hall–Kier alpha value is -1.58. The first kappa shape index (κ1) is 23.6. The van der Waals surface area contributed by atoms with Crippen LogP contribution in [0.4, 0.5) is 0 Å². The lowest BCUT2D eigenvalue weighted by atomic mass is 9.78. The number of hydrogen-bond acceptors (Lipinski definition) is 5. The van der Waals surface area contributed by atoms with E-state index < -0.39 is 5.60 Å². The molecule has 2 aromatic rings. The van der Waals surface area contributed by atoms with Crippen molar-refractivity contribution < 1.29 is 9.84 Å². The van der Waals surface area contributed by atoms with Gasteiger partial charge in [0, 0.05) is 17.5 Å². The van der Waals surface area contributed by atoms with Gasteiger partial charge in [-0.25, -0.2) is 0 Å². The van der Waals surface area contributed by atoms with Gasteiger partial charge < -0.3 is 9.84 Å². The zero-order chi connectivity index (χ0) is 22.4. The molecule has 1 fully saturated rings.